The molecule has 0 spiro atoms. The maximum absolute atomic E-state index is 11.3. The van der Waals surface area contributed by atoms with Gasteiger partial charge in [0, 0.05) is 25.2 Å². The lowest BCUT2D eigenvalue weighted by Gasteiger charge is -2.10. The highest BCUT2D eigenvalue weighted by Gasteiger charge is 2.08. The summed E-state index contributed by atoms with van der Waals surface area (Å²) in [5.41, 5.74) is 0. The van der Waals surface area contributed by atoms with Crippen LogP contribution in [0, 0.1) is 0 Å². The van der Waals surface area contributed by atoms with Crippen molar-refractivity contribution in [1.82, 2.24) is 15.6 Å². The first-order valence-corrected chi connectivity index (χ1v) is 6.00. The molecule has 1 amide bonds. The number of amides is 1. The van der Waals surface area contributed by atoms with Crippen LogP contribution in [-0.2, 0) is 9.53 Å². The summed E-state index contributed by atoms with van der Waals surface area (Å²) in [7, 11) is 1.61. The third-order valence-electron chi connectivity index (χ3n) is 2.02. The fourth-order valence-corrected chi connectivity index (χ4v) is 1.81. The van der Waals surface area contributed by atoms with E-state index in [1.807, 2.05) is 12.3 Å². The summed E-state index contributed by atoms with van der Waals surface area (Å²) < 4.78 is 4.83. The number of thiazole rings is 1. The van der Waals surface area contributed by atoms with Crippen molar-refractivity contribution in [3.05, 3.63) is 16.6 Å². The van der Waals surface area contributed by atoms with Gasteiger partial charge in [0.05, 0.1) is 19.2 Å². The molecule has 0 aromatic carbocycles. The smallest absolute Gasteiger partial charge is 0.234 e. The number of aromatic nitrogens is 1. The molecule has 90 valence electrons. The van der Waals surface area contributed by atoms with Gasteiger partial charge >= 0.3 is 0 Å². The number of nitrogens with one attached hydrogen (secondary N) is 2. The van der Waals surface area contributed by atoms with Crippen molar-refractivity contribution in [1.29, 1.82) is 0 Å². The van der Waals surface area contributed by atoms with Crippen LogP contribution in [-0.4, -0.2) is 37.7 Å². The van der Waals surface area contributed by atoms with Crippen LogP contribution in [0.3, 0.4) is 0 Å². The zero-order chi connectivity index (χ0) is 11.8. The Hall–Kier alpha value is -0.980. The second kappa shape index (κ2) is 7.32. The fraction of sp³-hybridized carbons (Fsp3) is 0.600. The molecule has 1 aromatic rings. The first-order valence-electron chi connectivity index (χ1n) is 5.12. The maximum atomic E-state index is 11.3. The molecular weight excluding hydrogens is 226 g/mol. The van der Waals surface area contributed by atoms with E-state index in [4.69, 9.17) is 4.74 Å². The van der Waals surface area contributed by atoms with Gasteiger partial charge in [-0.05, 0) is 6.92 Å². The number of hydrogen-bond acceptors (Lipinski definition) is 5. The Morgan fingerprint density at radius 3 is 3.12 bits per heavy atom. The third kappa shape index (κ3) is 4.69. The first kappa shape index (κ1) is 13.1. The molecule has 0 aliphatic heterocycles. The van der Waals surface area contributed by atoms with Crippen LogP contribution in [0.5, 0.6) is 0 Å². The van der Waals surface area contributed by atoms with Crippen molar-refractivity contribution in [2.75, 3.05) is 26.8 Å². The van der Waals surface area contributed by atoms with Gasteiger partial charge in [0.15, 0.2) is 0 Å². The van der Waals surface area contributed by atoms with E-state index >= 15 is 0 Å². The van der Waals surface area contributed by atoms with Gasteiger partial charge in [-0.15, -0.1) is 11.3 Å². The minimum Gasteiger partial charge on any atom is -0.383 e. The number of methoxy groups -OCH3 is 1. The molecule has 6 heteroatoms. The highest BCUT2D eigenvalue weighted by atomic mass is 32.1. The normalized spacial score (nSPS) is 12.4. The zero-order valence-electron chi connectivity index (χ0n) is 9.53. The summed E-state index contributed by atoms with van der Waals surface area (Å²) in [5.74, 6) is -0.0274. The van der Waals surface area contributed by atoms with E-state index in [2.05, 4.69) is 15.6 Å². The lowest BCUT2D eigenvalue weighted by atomic mass is 10.3. The fourth-order valence-electron chi connectivity index (χ4n) is 1.14. The number of carbonyl (C=O) groups is 1. The molecule has 5 nitrogen and oxygen atoms in total. The average molecular weight is 243 g/mol. The van der Waals surface area contributed by atoms with Gasteiger partial charge in [-0.1, -0.05) is 0 Å². The summed E-state index contributed by atoms with van der Waals surface area (Å²) in [6.07, 6.45) is 1.76. The summed E-state index contributed by atoms with van der Waals surface area (Å²) in [4.78, 5) is 15.5. The summed E-state index contributed by atoms with van der Waals surface area (Å²) in [6, 6.07) is 0.105. The van der Waals surface area contributed by atoms with Crippen molar-refractivity contribution < 1.29 is 9.53 Å². The van der Waals surface area contributed by atoms with Crippen LogP contribution in [0.25, 0.3) is 0 Å². The highest BCUT2D eigenvalue weighted by Crippen LogP contribution is 2.13. The van der Waals surface area contributed by atoms with Gasteiger partial charge in [-0.2, -0.15) is 0 Å². The van der Waals surface area contributed by atoms with E-state index in [0.717, 1.165) is 5.01 Å². The Bertz CT molecular complexity index is 303. The molecule has 2 N–H and O–H groups in total. The molecule has 0 saturated carbocycles. The van der Waals surface area contributed by atoms with Gasteiger partial charge < -0.3 is 10.1 Å². The van der Waals surface area contributed by atoms with Gasteiger partial charge in [0.25, 0.3) is 0 Å². The van der Waals surface area contributed by atoms with Crippen LogP contribution in [0.1, 0.15) is 18.0 Å². The van der Waals surface area contributed by atoms with Gasteiger partial charge in [-0.3, -0.25) is 10.1 Å². The van der Waals surface area contributed by atoms with Crippen molar-refractivity contribution in [3.63, 3.8) is 0 Å². The standard InChI is InChI=1S/C10H17N3O2S/c1-8(10-12-4-6-16-10)13-7-9(14)11-3-5-15-2/h4,6,8,13H,3,5,7H2,1-2H3,(H,11,14). The number of rotatable bonds is 7. The Kier molecular flexibility index (Phi) is 5.99. The molecule has 0 radical (unpaired) electrons. The Labute approximate surface area is 99.2 Å². The van der Waals surface area contributed by atoms with E-state index in [1.165, 1.54) is 0 Å². The lowest BCUT2D eigenvalue weighted by Crippen LogP contribution is -2.36. The van der Waals surface area contributed by atoms with Crippen LogP contribution in [0.15, 0.2) is 11.6 Å². The molecule has 0 bridgehead atoms. The summed E-state index contributed by atoms with van der Waals surface area (Å²) in [5, 5.41) is 8.76. The van der Waals surface area contributed by atoms with Gasteiger partial charge in [0.1, 0.15) is 5.01 Å². The SMILES string of the molecule is COCCNC(=O)CNC(C)c1nccs1. The first-order chi connectivity index (χ1) is 7.74. The monoisotopic (exact) mass is 243 g/mol. The van der Waals surface area contributed by atoms with E-state index in [0.29, 0.717) is 19.7 Å². The second-order valence-corrected chi connectivity index (χ2v) is 4.24. The molecule has 0 aliphatic rings. The molecule has 1 unspecified atom stereocenters. The van der Waals surface area contributed by atoms with Gasteiger partial charge in [-0.25, -0.2) is 4.98 Å². The van der Waals surface area contributed by atoms with E-state index in [1.54, 1.807) is 24.6 Å². The topological polar surface area (TPSA) is 63.2 Å². The Balaban J connectivity index is 2.16. The maximum Gasteiger partial charge on any atom is 0.234 e. The second-order valence-electron chi connectivity index (χ2n) is 3.32. The zero-order valence-corrected chi connectivity index (χ0v) is 10.3. The molecule has 1 rings (SSSR count). The molecular formula is C10H17N3O2S. The summed E-state index contributed by atoms with van der Waals surface area (Å²) >= 11 is 1.58. The third-order valence-corrected chi connectivity index (χ3v) is 2.98. The highest BCUT2D eigenvalue weighted by molar-refractivity contribution is 7.09. The van der Waals surface area contributed by atoms with Gasteiger partial charge in [0.2, 0.25) is 5.91 Å². The molecule has 0 aliphatic carbocycles. The van der Waals surface area contributed by atoms with E-state index < -0.39 is 0 Å². The van der Waals surface area contributed by atoms with Crippen molar-refractivity contribution >= 4 is 17.2 Å². The minimum atomic E-state index is -0.0274. The van der Waals surface area contributed by atoms with Crippen molar-refractivity contribution in [3.8, 4) is 0 Å². The Morgan fingerprint density at radius 2 is 2.50 bits per heavy atom. The predicted octanol–water partition coefficient (Wildman–Crippen LogP) is 0.556. The lowest BCUT2D eigenvalue weighted by molar-refractivity contribution is -0.120. The summed E-state index contributed by atoms with van der Waals surface area (Å²) in [6.45, 7) is 3.36. The van der Waals surface area contributed by atoms with Crippen molar-refractivity contribution in [2.45, 2.75) is 13.0 Å². The van der Waals surface area contributed by atoms with E-state index in [9.17, 15) is 4.79 Å². The van der Waals surface area contributed by atoms with Crippen LogP contribution in [0.2, 0.25) is 0 Å². The quantitative estimate of drug-likeness (QED) is 0.687. The molecule has 1 atom stereocenters. The van der Waals surface area contributed by atoms with E-state index in [-0.39, 0.29) is 11.9 Å². The van der Waals surface area contributed by atoms with Crippen LogP contribution >= 0.6 is 11.3 Å². The number of nitrogens with zero attached hydrogens (tertiary/aromatic N) is 1. The van der Waals surface area contributed by atoms with Crippen molar-refractivity contribution in [2.24, 2.45) is 0 Å². The number of ether oxygens (including phenoxy) is 1. The minimum absolute atomic E-state index is 0.0274. The molecule has 0 saturated heterocycles. The largest absolute Gasteiger partial charge is 0.383 e. The molecule has 16 heavy (non-hydrogen) atoms. The van der Waals surface area contributed by atoms with Crippen LogP contribution < -0.4 is 10.6 Å². The number of hydrogen-bond donors (Lipinski definition) is 2. The predicted molar refractivity (Wildman–Crippen MR) is 63.4 cm³/mol. The Morgan fingerprint density at radius 1 is 1.69 bits per heavy atom. The number of carbonyl (C=O) groups excluding carboxylic acids is 1. The molecule has 1 heterocycles. The molecule has 0 fully saturated rings. The van der Waals surface area contributed by atoms with Crippen LogP contribution in [0.4, 0.5) is 0 Å². The average Bonchev–Trinajstić information content (AvgIpc) is 2.79. The molecule has 1 aromatic heterocycles.